The van der Waals surface area contributed by atoms with Gasteiger partial charge in [0.1, 0.15) is 6.61 Å². The predicted octanol–water partition coefficient (Wildman–Crippen LogP) is 2.36. The second kappa shape index (κ2) is 4.62. The van der Waals surface area contributed by atoms with Crippen molar-refractivity contribution in [3.05, 3.63) is 12.7 Å². The molecular formula is C6H8ClF3O. The summed E-state index contributed by atoms with van der Waals surface area (Å²) < 4.78 is 38.8. The molecule has 0 aromatic carbocycles. The molecule has 0 aromatic rings. The molecule has 66 valence electrons. The first-order valence-corrected chi connectivity index (χ1v) is 3.40. The zero-order chi connectivity index (χ0) is 8.91. The highest BCUT2D eigenvalue weighted by Gasteiger charge is 2.28. The van der Waals surface area contributed by atoms with Gasteiger partial charge in [0.05, 0.1) is 12.0 Å². The van der Waals surface area contributed by atoms with Gasteiger partial charge in [0, 0.05) is 0 Å². The Balaban J connectivity index is 3.59. The van der Waals surface area contributed by atoms with Crippen LogP contribution < -0.4 is 0 Å². The fourth-order valence-electron chi connectivity index (χ4n) is 0.377. The standard InChI is InChI=1S/C6H8ClF3O/c1-2-5(3-7)11-4-6(8,9)10/h2,5H,1,3-4H2. The molecule has 1 unspecified atom stereocenters. The lowest BCUT2D eigenvalue weighted by atomic mass is 10.4. The van der Waals surface area contributed by atoms with Gasteiger partial charge in [-0.2, -0.15) is 13.2 Å². The molecule has 0 saturated heterocycles. The fourth-order valence-corrected chi connectivity index (χ4v) is 0.592. The molecule has 0 aliphatic rings. The summed E-state index contributed by atoms with van der Waals surface area (Å²) in [4.78, 5) is 0. The zero-order valence-corrected chi connectivity index (χ0v) is 6.45. The Bertz CT molecular complexity index is 123. The van der Waals surface area contributed by atoms with Gasteiger partial charge in [-0.25, -0.2) is 0 Å². The molecule has 0 amide bonds. The second-order valence-electron chi connectivity index (χ2n) is 1.85. The first kappa shape index (κ1) is 10.8. The Morgan fingerprint density at radius 1 is 1.55 bits per heavy atom. The molecule has 11 heavy (non-hydrogen) atoms. The molecule has 0 bridgehead atoms. The Morgan fingerprint density at radius 3 is 2.36 bits per heavy atom. The van der Waals surface area contributed by atoms with E-state index in [0.717, 1.165) is 0 Å². The first-order chi connectivity index (χ1) is 4.99. The van der Waals surface area contributed by atoms with Gasteiger partial charge in [-0.15, -0.1) is 18.2 Å². The number of ether oxygens (including phenoxy) is 1. The van der Waals surface area contributed by atoms with Gasteiger partial charge in [0.15, 0.2) is 0 Å². The fraction of sp³-hybridized carbons (Fsp3) is 0.667. The van der Waals surface area contributed by atoms with Crippen molar-refractivity contribution in [2.75, 3.05) is 12.5 Å². The maximum absolute atomic E-state index is 11.5. The second-order valence-corrected chi connectivity index (χ2v) is 2.16. The lowest BCUT2D eigenvalue weighted by molar-refractivity contribution is -0.179. The van der Waals surface area contributed by atoms with Crippen molar-refractivity contribution in [2.24, 2.45) is 0 Å². The monoisotopic (exact) mass is 188 g/mol. The van der Waals surface area contributed by atoms with Crippen molar-refractivity contribution >= 4 is 11.6 Å². The highest BCUT2D eigenvalue weighted by molar-refractivity contribution is 6.18. The summed E-state index contributed by atoms with van der Waals surface area (Å²) in [5, 5.41) is 0. The summed E-state index contributed by atoms with van der Waals surface area (Å²) in [5.74, 6) is -0.0143. The van der Waals surface area contributed by atoms with Crippen molar-refractivity contribution in [2.45, 2.75) is 12.3 Å². The van der Waals surface area contributed by atoms with Crippen molar-refractivity contribution in [1.82, 2.24) is 0 Å². The average molecular weight is 189 g/mol. The molecule has 0 fully saturated rings. The lowest BCUT2D eigenvalue weighted by Crippen LogP contribution is -2.22. The van der Waals surface area contributed by atoms with Crippen LogP contribution in [0.3, 0.4) is 0 Å². The molecular weight excluding hydrogens is 181 g/mol. The van der Waals surface area contributed by atoms with E-state index in [1.165, 1.54) is 6.08 Å². The number of alkyl halides is 4. The van der Waals surface area contributed by atoms with Gasteiger partial charge in [-0.1, -0.05) is 6.08 Å². The maximum Gasteiger partial charge on any atom is 0.411 e. The minimum absolute atomic E-state index is 0.0143. The van der Waals surface area contributed by atoms with E-state index in [-0.39, 0.29) is 5.88 Å². The van der Waals surface area contributed by atoms with E-state index in [1.54, 1.807) is 0 Å². The third-order valence-corrected chi connectivity index (χ3v) is 1.18. The largest absolute Gasteiger partial charge is 0.411 e. The molecule has 0 heterocycles. The van der Waals surface area contributed by atoms with Crippen LogP contribution in [-0.4, -0.2) is 24.8 Å². The van der Waals surface area contributed by atoms with Crippen LogP contribution in [0.2, 0.25) is 0 Å². The minimum atomic E-state index is -4.30. The number of hydrogen-bond donors (Lipinski definition) is 0. The van der Waals surface area contributed by atoms with Gasteiger partial charge in [-0.3, -0.25) is 0 Å². The molecule has 0 spiro atoms. The minimum Gasteiger partial charge on any atom is -0.364 e. The van der Waals surface area contributed by atoms with Gasteiger partial charge in [-0.05, 0) is 0 Å². The van der Waals surface area contributed by atoms with Crippen molar-refractivity contribution < 1.29 is 17.9 Å². The normalized spacial score (nSPS) is 14.5. The molecule has 0 radical (unpaired) electrons. The summed E-state index contributed by atoms with van der Waals surface area (Å²) >= 11 is 5.23. The van der Waals surface area contributed by atoms with Crippen LogP contribution in [0.15, 0.2) is 12.7 Å². The topological polar surface area (TPSA) is 9.23 Å². The highest BCUT2D eigenvalue weighted by Crippen LogP contribution is 2.15. The third-order valence-electron chi connectivity index (χ3n) is 0.876. The number of halogens is 4. The van der Waals surface area contributed by atoms with Crippen molar-refractivity contribution in [3.63, 3.8) is 0 Å². The Morgan fingerprint density at radius 2 is 2.09 bits per heavy atom. The van der Waals surface area contributed by atoms with Crippen molar-refractivity contribution in [1.29, 1.82) is 0 Å². The van der Waals surface area contributed by atoms with E-state index >= 15 is 0 Å². The summed E-state index contributed by atoms with van der Waals surface area (Å²) in [6.07, 6.45) is -3.79. The quantitative estimate of drug-likeness (QED) is 0.486. The van der Waals surface area contributed by atoms with Gasteiger partial charge < -0.3 is 4.74 Å². The van der Waals surface area contributed by atoms with Crippen LogP contribution in [-0.2, 0) is 4.74 Å². The van der Waals surface area contributed by atoms with Crippen LogP contribution >= 0.6 is 11.6 Å². The molecule has 1 nitrogen and oxygen atoms in total. The molecule has 0 aromatic heterocycles. The van der Waals surface area contributed by atoms with E-state index in [9.17, 15) is 13.2 Å². The summed E-state index contributed by atoms with van der Waals surface area (Å²) in [7, 11) is 0. The lowest BCUT2D eigenvalue weighted by Gasteiger charge is -2.12. The van der Waals surface area contributed by atoms with Crippen LogP contribution in [0.1, 0.15) is 0 Å². The summed E-state index contributed by atoms with van der Waals surface area (Å²) in [5.41, 5.74) is 0. The molecule has 1 atom stereocenters. The molecule has 0 rings (SSSR count). The number of hydrogen-bond acceptors (Lipinski definition) is 1. The molecule has 0 saturated carbocycles. The Labute approximate surface area is 67.8 Å². The molecule has 0 aliphatic heterocycles. The van der Waals surface area contributed by atoms with Crippen LogP contribution in [0.25, 0.3) is 0 Å². The maximum atomic E-state index is 11.5. The van der Waals surface area contributed by atoms with E-state index in [1.807, 2.05) is 0 Å². The van der Waals surface area contributed by atoms with E-state index in [4.69, 9.17) is 11.6 Å². The summed E-state index contributed by atoms with van der Waals surface area (Å²) in [6, 6.07) is 0. The number of rotatable bonds is 4. The average Bonchev–Trinajstić information content (AvgIpc) is 1.88. The first-order valence-electron chi connectivity index (χ1n) is 2.86. The van der Waals surface area contributed by atoms with E-state index < -0.39 is 18.9 Å². The van der Waals surface area contributed by atoms with Crippen molar-refractivity contribution in [3.8, 4) is 0 Å². The predicted molar refractivity (Wildman–Crippen MR) is 36.7 cm³/mol. The van der Waals surface area contributed by atoms with Gasteiger partial charge in [0.25, 0.3) is 0 Å². The van der Waals surface area contributed by atoms with E-state index in [0.29, 0.717) is 0 Å². The van der Waals surface area contributed by atoms with E-state index in [2.05, 4.69) is 11.3 Å². The third kappa shape index (κ3) is 6.19. The van der Waals surface area contributed by atoms with Gasteiger partial charge >= 0.3 is 6.18 Å². The van der Waals surface area contributed by atoms with Crippen LogP contribution in [0.5, 0.6) is 0 Å². The molecule has 5 heteroatoms. The Hall–Kier alpha value is -0.220. The van der Waals surface area contributed by atoms with Gasteiger partial charge in [0.2, 0.25) is 0 Å². The summed E-state index contributed by atoms with van der Waals surface area (Å²) in [6.45, 7) is 1.97. The van der Waals surface area contributed by atoms with Crippen LogP contribution in [0, 0.1) is 0 Å². The molecule has 0 aliphatic carbocycles. The smallest absolute Gasteiger partial charge is 0.364 e. The molecule has 0 N–H and O–H groups in total. The SMILES string of the molecule is C=CC(CCl)OCC(F)(F)F. The van der Waals surface area contributed by atoms with Crippen LogP contribution in [0.4, 0.5) is 13.2 Å². The Kier molecular flexibility index (Phi) is 4.52. The highest BCUT2D eigenvalue weighted by atomic mass is 35.5. The zero-order valence-electron chi connectivity index (χ0n) is 5.70.